The number of carbonyl (C=O) groups excluding carboxylic acids is 1. The molecule has 0 aromatic heterocycles. The lowest BCUT2D eigenvalue weighted by atomic mass is 10.1. The summed E-state index contributed by atoms with van der Waals surface area (Å²) in [5, 5.41) is 0. The third kappa shape index (κ3) is 3.97. The van der Waals surface area contributed by atoms with Crippen molar-refractivity contribution >= 4 is 16.0 Å². The van der Waals surface area contributed by atoms with Gasteiger partial charge in [0.1, 0.15) is 5.75 Å². The van der Waals surface area contributed by atoms with Gasteiger partial charge in [-0.15, -0.1) is 0 Å². The number of esters is 1. The number of hydrogen-bond acceptors (Lipinski definition) is 4. The van der Waals surface area contributed by atoms with Gasteiger partial charge in [-0.2, -0.15) is 4.31 Å². The van der Waals surface area contributed by atoms with E-state index in [1.807, 2.05) is 32.9 Å². The van der Waals surface area contributed by atoms with Gasteiger partial charge < -0.3 is 4.74 Å². The Morgan fingerprint density at radius 1 is 0.923 bits per heavy atom. The van der Waals surface area contributed by atoms with Crippen LogP contribution in [0, 0.1) is 20.8 Å². The quantitative estimate of drug-likeness (QED) is 0.568. The van der Waals surface area contributed by atoms with E-state index in [9.17, 15) is 13.2 Å². The zero-order valence-electron chi connectivity index (χ0n) is 15.9. The highest BCUT2D eigenvalue weighted by molar-refractivity contribution is 7.89. The van der Waals surface area contributed by atoms with E-state index in [0.717, 1.165) is 16.7 Å². The van der Waals surface area contributed by atoms with Gasteiger partial charge in [-0.3, -0.25) is 0 Å². The maximum absolute atomic E-state index is 12.5. The largest absolute Gasteiger partial charge is 0.422 e. The maximum atomic E-state index is 12.5. The predicted molar refractivity (Wildman–Crippen MR) is 102 cm³/mol. The maximum Gasteiger partial charge on any atom is 0.343 e. The number of rotatable bonds is 6. The first-order chi connectivity index (χ1) is 12.2. The van der Waals surface area contributed by atoms with Crippen LogP contribution in [0.25, 0.3) is 0 Å². The van der Waals surface area contributed by atoms with Crippen molar-refractivity contribution in [1.82, 2.24) is 4.31 Å². The van der Waals surface area contributed by atoms with Gasteiger partial charge in [-0.25, -0.2) is 13.2 Å². The summed E-state index contributed by atoms with van der Waals surface area (Å²) < 4.78 is 31.9. The first-order valence-corrected chi connectivity index (χ1v) is 10.1. The second-order valence-electron chi connectivity index (χ2n) is 6.16. The molecule has 2 aromatic carbocycles. The van der Waals surface area contributed by atoms with Crippen LogP contribution < -0.4 is 4.74 Å². The summed E-state index contributed by atoms with van der Waals surface area (Å²) in [4.78, 5) is 12.6. The third-order valence-corrected chi connectivity index (χ3v) is 6.57. The minimum absolute atomic E-state index is 0.167. The Kier molecular flexibility index (Phi) is 6.21. The Morgan fingerprint density at radius 3 is 2.00 bits per heavy atom. The fourth-order valence-corrected chi connectivity index (χ4v) is 4.17. The van der Waals surface area contributed by atoms with Gasteiger partial charge in [0.2, 0.25) is 10.0 Å². The first-order valence-electron chi connectivity index (χ1n) is 8.61. The number of nitrogens with zero attached hydrogens (tertiary/aromatic N) is 1. The number of sulfonamides is 1. The second kappa shape index (κ2) is 8.01. The zero-order chi connectivity index (χ0) is 19.5. The molecule has 0 saturated heterocycles. The lowest BCUT2D eigenvalue weighted by Crippen LogP contribution is -2.30. The summed E-state index contributed by atoms with van der Waals surface area (Å²) in [6.07, 6.45) is 0. The zero-order valence-corrected chi connectivity index (χ0v) is 16.7. The molecule has 2 aromatic rings. The van der Waals surface area contributed by atoms with Gasteiger partial charge in [0, 0.05) is 13.1 Å². The topological polar surface area (TPSA) is 63.7 Å². The fourth-order valence-electron chi connectivity index (χ4n) is 2.71. The molecule has 0 saturated carbocycles. The molecule has 140 valence electrons. The van der Waals surface area contributed by atoms with Crippen LogP contribution in [0.4, 0.5) is 0 Å². The van der Waals surface area contributed by atoms with E-state index in [2.05, 4.69) is 0 Å². The Hall–Kier alpha value is -2.18. The Morgan fingerprint density at radius 2 is 1.46 bits per heavy atom. The van der Waals surface area contributed by atoms with E-state index in [1.54, 1.807) is 13.8 Å². The lowest BCUT2D eigenvalue weighted by Gasteiger charge is -2.18. The van der Waals surface area contributed by atoms with Crippen LogP contribution in [0.5, 0.6) is 5.75 Å². The van der Waals surface area contributed by atoms with Crippen molar-refractivity contribution in [2.45, 2.75) is 39.5 Å². The number of benzene rings is 2. The molecule has 0 atom stereocenters. The van der Waals surface area contributed by atoms with Crippen molar-refractivity contribution in [3.63, 3.8) is 0 Å². The molecule has 0 radical (unpaired) electrons. The van der Waals surface area contributed by atoms with Crippen molar-refractivity contribution in [2.75, 3.05) is 13.1 Å². The van der Waals surface area contributed by atoms with Crippen molar-refractivity contribution in [3.05, 3.63) is 58.7 Å². The van der Waals surface area contributed by atoms with Crippen LogP contribution in [0.3, 0.4) is 0 Å². The molecule has 0 amide bonds. The van der Waals surface area contributed by atoms with Crippen molar-refractivity contribution in [2.24, 2.45) is 0 Å². The monoisotopic (exact) mass is 375 g/mol. The molecule has 0 aliphatic rings. The van der Waals surface area contributed by atoms with Crippen LogP contribution in [0.15, 0.2) is 41.3 Å². The highest BCUT2D eigenvalue weighted by atomic mass is 32.2. The van der Waals surface area contributed by atoms with E-state index in [0.29, 0.717) is 24.4 Å². The number of aryl methyl sites for hydroxylation is 2. The van der Waals surface area contributed by atoms with E-state index >= 15 is 0 Å². The molecule has 0 aliphatic heterocycles. The van der Waals surface area contributed by atoms with Crippen LogP contribution in [-0.4, -0.2) is 31.8 Å². The standard InChI is InChI=1S/C20H25NO4S/c1-6-21(7-2)26(23,24)18-12-10-17(11-13-18)20(22)25-19-15(4)9-8-14(3)16(19)5/h8-13H,6-7H2,1-5H3. The van der Waals surface area contributed by atoms with Gasteiger partial charge in [0.05, 0.1) is 10.5 Å². The SMILES string of the molecule is CCN(CC)S(=O)(=O)c1ccc(C(=O)Oc2c(C)ccc(C)c2C)cc1. The van der Waals surface area contributed by atoms with Crippen LogP contribution in [0.1, 0.15) is 40.9 Å². The van der Waals surface area contributed by atoms with Gasteiger partial charge in [0.25, 0.3) is 0 Å². The molecule has 0 bridgehead atoms. The molecule has 0 aliphatic carbocycles. The van der Waals surface area contributed by atoms with Crippen molar-refractivity contribution in [1.29, 1.82) is 0 Å². The smallest absolute Gasteiger partial charge is 0.343 e. The molecule has 6 heteroatoms. The molecule has 5 nitrogen and oxygen atoms in total. The molecular weight excluding hydrogens is 350 g/mol. The predicted octanol–water partition coefficient (Wildman–Crippen LogP) is 3.86. The Bertz CT molecular complexity index is 898. The minimum Gasteiger partial charge on any atom is -0.422 e. The molecule has 0 heterocycles. The molecule has 2 rings (SSSR count). The third-order valence-electron chi connectivity index (χ3n) is 4.50. The summed E-state index contributed by atoms with van der Waals surface area (Å²) in [5.74, 6) is 0.0448. The molecule has 0 N–H and O–H groups in total. The summed E-state index contributed by atoms with van der Waals surface area (Å²) >= 11 is 0. The number of ether oxygens (including phenoxy) is 1. The van der Waals surface area contributed by atoms with Gasteiger partial charge >= 0.3 is 5.97 Å². The Balaban J connectivity index is 2.27. The highest BCUT2D eigenvalue weighted by Crippen LogP contribution is 2.27. The summed E-state index contributed by atoms with van der Waals surface area (Å²) in [7, 11) is -3.54. The fraction of sp³-hybridized carbons (Fsp3) is 0.350. The number of carbonyl (C=O) groups is 1. The molecular formula is C20H25NO4S. The van der Waals surface area contributed by atoms with E-state index in [-0.39, 0.29) is 4.90 Å². The average Bonchev–Trinajstić information content (AvgIpc) is 2.62. The van der Waals surface area contributed by atoms with Gasteiger partial charge in [-0.05, 0) is 61.7 Å². The van der Waals surface area contributed by atoms with Crippen molar-refractivity contribution in [3.8, 4) is 5.75 Å². The molecule has 0 unspecified atom stereocenters. The number of hydrogen-bond donors (Lipinski definition) is 0. The Labute approximate surface area is 155 Å². The van der Waals surface area contributed by atoms with Crippen molar-refractivity contribution < 1.29 is 17.9 Å². The van der Waals surface area contributed by atoms with E-state index in [4.69, 9.17) is 4.74 Å². The van der Waals surface area contributed by atoms with Crippen LogP contribution >= 0.6 is 0 Å². The molecule has 26 heavy (non-hydrogen) atoms. The van der Waals surface area contributed by atoms with E-state index in [1.165, 1.54) is 28.6 Å². The molecule has 0 fully saturated rings. The van der Waals surface area contributed by atoms with Crippen LogP contribution in [-0.2, 0) is 10.0 Å². The van der Waals surface area contributed by atoms with E-state index < -0.39 is 16.0 Å². The van der Waals surface area contributed by atoms with Crippen LogP contribution in [0.2, 0.25) is 0 Å². The minimum atomic E-state index is -3.54. The normalized spacial score (nSPS) is 11.6. The first kappa shape index (κ1) is 20.1. The summed E-state index contributed by atoms with van der Waals surface area (Å²) in [6.45, 7) is 10.1. The van der Waals surface area contributed by atoms with Gasteiger partial charge in [0.15, 0.2) is 0 Å². The highest BCUT2D eigenvalue weighted by Gasteiger charge is 2.22. The van der Waals surface area contributed by atoms with Gasteiger partial charge in [-0.1, -0.05) is 26.0 Å². The molecule has 0 spiro atoms. The summed E-state index contributed by atoms with van der Waals surface area (Å²) in [5.41, 5.74) is 3.14. The second-order valence-corrected chi connectivity index (χ2v) is 8.09. The lowest BCUT2D eigenvalue weighted by molar-refractivity contribution is 0.0732. The summed E-state index contributed by atoms with van der Waals surface area (Å²) in [6, 6.07) is 9.75. The average molecular weight is 375 g/mol.